The van der Waals surface area contributed by atoms with Crippen molar-refractivity contribution in [2.75, 3.05) is 26.3 Å². The van der Waals surface area contributed by atoms with Crippen molar-refractivity contribution in [2.45, 2.75) is 51.5 Å². The van der Waals surface area contributed by atoms with Gasteiger partial charge in [0.15, 0.2) is 0 Å². The predicted molar refractivity (Wildman–Crippen MR) is 85.6 cm³/mol. The Morgan fingerprint density at radius 1 is 1.04 bits per heavy atom. The molecule has 0 aromatic rings. The number of morpholine rings is 1. The van der Waals surface area contributed by atoms with E-state index < -0.39 is 5.91 Å². The highest BCUT2D eigenvalue weighted by molar-refractivity contribution is 6.35. The van der Waals surface area contributed by atoms with Crippen LogP contribution in [-0.4, -0.2) is 49.1 Å². The molecular weight excluding hydrogens is 292 g/mol. The van der Waals surface area contributed by atoms with Crippen LogP contribution in [0.4, 0.5) is 0 Å². The van der Waals surface area contributed by atoms with Crippen molar-refractivity contribution >= 4 is 11.8 Å². The quantitative estimate of drug-likeness (QED) is 0.786. The summed E-state index contributed by atoms with van der Waals surface area (Å²) in [4.78, 5) is 26.3. The molecule has 5 nitrogen and oxygen atoms in total. The van der Waals surface area contributed by atoms with E-state index in [1.807, 2.05) is 0 Å². The van der Waals surface area contributed by atoms with Crippen LogP contribution in [0.25, 0.3) is 0 Å². The summed E-state index contributed by atoms with van der Waals surface area (Å²) in [6.45, 7) is 4.24. The third-order valence-corrected chi connectivity index (χ3v) is 6.84. The van der Waals surface area contributed by atoms with Gasteiger partial charge in [-0.15, -0.1) is 0 Å². The fraction of sp³-hybridized carbons (Fsp3) is 0.889. The van der Waals surface area contributed by atoms with Gasteiger partial charge in [-0.3, -0.25) is 9.59 Å². The molecule has 4 aliphatic carbocycles. The second-order valence-electron chi connectivity index (χ2n) is 8.38. The van der Waals surface area contributed by atoms with Gasteiger partial charge in [-0.05, 0) is 68.6 Å². The second-order valence-corrected chi connectivity index (χ2v) is 8.38. The van der Waals surface area contributed by atoms with Crippen LogP contribution in [0.2, 0.25) is 0 Å². The first-order valence-electron chi connectivity index (χ1n) is 9.23. The van der Waals surface area contributed by atoms with E-state index in [0.29, 0.717) is 26.3 Å². The molecular formula is C18H28N2O3. The molecule has 5 rings (SSSR count). The number of ether oxygens (including phenoxy) is 1. The molecule has 2 amide bonds. The zero-order valence-electron chi connectivity index (χ0n) is 14.1. The molecule has 1 N–H and O–H groups in total. The van der Waals surface area contributed by atoms with Crippen LogP contribution in [0, 0.1) is 23.2 Å². The van der Waals surface area contributed by atoms with Gasteiger partial charge in [-0.1, -0.05) is 0 Å². The fourth-order valence-corrected chi connectivity index (χ4v) is 6.03. The largest absolute Gasteiger partial charge is 0.378 e. The highest BCUT2D eigenvalue weighted by Gasteiger charge is 2.53. The van der Waals surface area contributed by atoms with E-state index in [9.17, 15) is 9.59 Å². The van der Waals surface area contributed by atoms with Crippen molar-refractivity contribution in [3.8, 4) is 0 Å². The minimum absolute atomic E-state index is 0.105. The molecule has 128 valence electrons. The van der Waals surface area contributed by atoms with Gasteiger partial charge in [0.25, 0.3) is 0 Å². The molecule has 0 radical (unpaired) electrons. The lowest BCUT2D eigenvalue weighted by Crippen LogP contribution is -2.58. The monoisotopic (exact) mass is 320 g/mol. The third kappa shape index (κ3) is 2.77. The molecule has 0 aromatic heterocycles. The van der Waals surface area contributed by atoms with E-state index in [1.54, 1.807) is 4.90 Å². The fourth-order valence-electron chi connectivity index (χ4n) is 6.03. The van der Waals surface area contributed by atoms with Crippen molar-refractivity contribution in [3.05, 3.63) is 0 Å². The van der Waals surface area contributed by atoms with Gasteiger partial charge < -0.3 is 15.0 Å². The number of rotatable bonds is 2. The SMILES string of the molecule is CC(NC(=O)C(=O)N1CCOCC1)C12CC3CC(CC(C3)C1)C2. The summed E-state index contributed by atoms with van der Waals surface area (Å²) in [5.41, 5.74) is 0.246. The molecule has 1 heterocycles. The molecule has 5 heteroatoms. The lowest BCUT2D eigenvalue weighted by molar-refractivity contribution is -0.150. The van der Waals surface area contributed by atoms with E-state index >= 15 is 0 Å². The predicted octanol–water partition coefficient (Wildman–Crippen LogP) is 1.57. The number of carbonyl (C=O) groups is 2. The number of amides is 2. The molecule has 1 unspecified atom stereocenters. The molecule has 1 saturated heterocycles. The van der Waals surface area contributed by atoms with E-state index in [-0.39, 0.29) is 17.4 Å². The van der Waals surface area contributed by atoms with Gasteiger partial charge >= 0.3 is 11.8 Å². The normalized spacial score (nSPS) is 40.0. The molecule has 23 heavy (non-hydrogen) atoms. The van der Waals surface area contributed by atoms with Gasteiger partial charge in [0.1, 0.15) is 0 Å². The number of nitrogens with one attached hydrogen (secondary N) is 1. The number of nitrogens with zero attached hydrogens (tertiary/aromatic N) is 1. The van der Waals surface area contributed by atoms with Crippen LogP contribution in [0.1, 0.15) is 45.4 Å². The Morgan fingerprint density at radius 3 is 2.09 bits per heavy atom. The highest BCUT2D eigenvalue weighted by Crippen LogP contribution is 2.61. The molecule has 4 bridgehead atoms. The van der Waals surface area contributed by atoms with Crippen molar-refractivity contribution in [3.63, 3.8) is 0 Å². The van der Waals surface area contributed by atoms with Crippen molar-refractivity contribution in [1.82, 2.24) is 10.2 Å². The summed E-state index contributed by atoms with van der Waals surface area (Å²) in [5.74, 6) is 1.77. The van der Waals surface area contributed by atoms with E-state index in [2.05, 4.69) is 12.2 Å². The summed E-state index contributed by atoms with van der Waals surface area (Å²) in [6.07, 6.45) is 7.91. The number of hydrogen-bond donors (Lipinski definition) is 1. The summed E-state index contributed by atoms with van der Waals surface area (Å²) in [5, 5.41) is 3.06. The average Bonchev–Trinajstić information content (AvgIpc) is 2.53. The first-order chi connectivity index (χ1) is 11.1. The molecule has 0 aromatic carbocycles. The number of carbonyl (C=O) groups excluding carboxylic acids is 2. The maximum atomic E-state index is 12.4. The Hall–Kier alpha value is -1.10. The average molecular weight is 320 g/mol. The summed E-state index contributed by atoms with van der Waals surface area (Å²) >= 11 is 0. The van der Waals surface area contributed by atoms with Gasteiger partial charge in [-0.25, -0.2) is 0 Å². The van der Waals surface area contributed by atoms with Crippen LogP contribution in [0.3, 0.4) is 0 Å². The summed E-state index contributed by atoms with van der Waals surface area (Å²) in [6, 6.07) is 0.105. The minimum Gasteiger partial charge on any atom is -0.378 e. The zero-order valence-corrected chi connectivity index (χ0v) is 14.1. The third-order valence-electron chi connectivity index (χ3n) is 6.84. The molecule has 1 aliphatic heterocycles. The lowest BCUT2D eigenvalue weighted by Gasteiger charge is -2.59. The van der Waals surface area contributed by atoms with Crippen LogP contribution < -0.4 is 5.32 Å². The van der Waals surface area contributed by atoms with Gasteiger partial charge in [0.2, 0.25) is 0 Å². The van der Waals surface area contributed by atoms with Gasteiger partial charge in [0, 0.05) is 19.1 Å². The zero-order chi connectivity index (χ0) is 16.0. The first-order valence-corrected chi connectivity index (χ1v) is 9.23. The lowest BCUT2D eigenvalue weighted by atomic mass is 9.48. The van der Waals surface area contributed by atoms with E-state index in [4.69, 9.17) is 4.74 Å². The molecule has 5 aliphatic rings. The maximum absolute atomic E-state index is 12.4. The van der Waals surface area contributed by atoms with Crippen LogP contribution in [-0.2, 0) is 14.3 Å². The van der Waals surface area contributed by atoms with E-state index in [0.717, 1.165) is 17.8 Å². The molecule has 1 atom stereocenters. The van der Waals surface area contributed by atoms with Gasteiger partial charge in [-0.2, -0.15) is 0 Å². The first kappa shape index (κ1) is 15.4. The highest BCUT2D eigenvalue weighted by atomic mass is 16.5. The second kappa shape index (κ2) is 5.76. The topological polar surface area (TPSA) is 58.6 Å². The summed E-state index contributed by atoms with van der Waals surface area (Å²) in [7, 11) is 0. The maximum Gasteiger partial charge on any atom is 0.312 e. The molecule has 5 fully saturated rings. The van der Waals surface area contributed by atoms with Crippen LogP contribution in [0.5, 0.6) is 0 Å². The Kier molecular flexibility index (Phi) is 3.87. The Balaban J connectivity index is 1.40. The number of hydrogen-bond acceptors (Lipinski definition) is 3. The van der Waals surface area contributed by atoms with E-state index in [1.165, 1.54) is 38.5 Å². The summed E-state index contributed by atoms with van der Waals surface area (Å²) < 4.78 is 5.25. The Morgan fingerprint density at radius 2 is 1.57 bits per heavy atom. The Labute approximate surface area is 138 Å². The van der Waals surface area contributed by atoms with Crippen molar-refractivity contribution in [2.24, 2.45) is 23.2 Å². The molecule has 4 saturated carbocycles. The minimum atomic E-state index is -0.421. The molecule has 0 spiro atoms. The standard InChI is InChI=1S/C18H28N2O3/c1-12(19-16(21)17(22)20-2-4-23-5-3-20)18-9-13-6-14(10-18)8-15(7-13)11-18/h12-15H,2-11H2,1H3,(H,19,21). The Bertz CT molecular complexity index is 463. The van der Waals surface area contributed by atoms with Crippen molar-refractivity contribution in [1.29, 1.82) is 0 Å². The van der Waals surface area contributed by atoms with Crippen LogP contribution >= 0.6 is 0 Å². The van der Waals surface area contributed by atoms with Gasteiger partial charge in [0.05, 0.1) is 13.2 Å². The van der Waals surface area contributed by atoms with Crippen molar-refractivity contribution < 1.29 is 14.3 Å². The van der Waals surface area contributed by atoms with Crippen LogP contribution in [0.15, 0.2) is 0 Å². The smallest absolute Gasteiger partial charge is 0.312 e.